The largest absolute Gasteiger partial charge is 0.493 e. The summed E-state index contributed by atoms with van der Waals surface area (Å²) in [7, 11) is 3.23. The first-order chi connectivity index (χ1) is 6.60. The van der Waals surface area contributed by atoms with Gasteiger partial charge in [0.2, 0.25) is 0 Å². The van der Waals surface area contributed by atoms with Crippen LogP contribution < -0.4 is 9.47 Å². The van der Waals surface area contributed by atoms with Crippen LogP contribution in [-0.2, 0) is 0 Å². The van der Waals surface area contributed by atoms with Crippen LogP contribution in [0.1, 0.15) is 9.30 Å². The summed E-state index contributed by atoms with van der Waals surface area (Å²) < 4.78 is 11.4. The highest BCUT2D eigenvalue weighted by Gasteiger charge is 2.13. The third kappa shape index (κ3) is 2.64. The van der Waals surface area contributed by atoms with Crippen molar-refractivity contribution < 1.29 is 9.47 Å². The Bertz CT molecular complexity index is 326. The summed E-state index contributed by atoms with van der Waals surface area (Å²) in [5.74, 6) is 1.41. The molecule has 1 aromatic rings. The predicted molar refractivity (Wildman–Crippen MR) is 67.8 cm³/mol. The van der Waals surface area contributed by atoms with Crippen molar-refractivity contribution in [1.29, 1.82) is 0 Å². The monoisotopic (exact) mass is 386 g/mol. The fourth-order valence-corrected chi connectivity index (χ4v) is 2.21. The van der Waals surface area contributed by atoms with E-state index in [9.17, 15) is 0 Å². The molecule has 0 fully saturated rings. The molecular formula is C9H9Br3O2. The molecule has 0 bridgehead atoms. The normalized spacial score (nSPS) is 10.4. The zero-order valence-electron chi connectivity index (χ0n) is 7.68. The van der Waals surface area contributed by atoms with Gasteiger partial charge in [0.1, 0.15) is 0 Å². The second kappa shape index (κ2) is 5.37. The Morgan fingerprint density at radius 3 is 2.21 bits per heavy atom. The molecule has 0 heterocycles. The van der Waals surface area contributed by atoms with E-state index in [1.54, 1.807) is 14.2 Å². The minimum atomic E-state index is 0.103. The lowest BCUT2D eigenvalue weighted by molar-refractivity contribution is 0.353. The number of halogens is 3. The maximum Gasteiger partial charge on any atom is 0.174 e. The second-order valence-electron chi connectivity index (χ2n) is 2.54. The molecule has 0 aliphatic rings. The maximum atomic E-state index is 5.21. The molecule has 0 aliphatic carbocycles. The summed E-state index contributed by atoms with van der Waals surface area (Å²) in [5.41, 5.74) is 1.06. The molecule has 2 nitrogen and oxygen atoms in total. The lowest BCUT2D eigenvalue weighted by Crippen LogP contribution is -1.93. The molecule has 1 aromatic carbocycles. The number of hydrogen-bond acceptors (Lipinski definition) is 2. The first kappa shape index (κ1) is 12.3. The SMILES string of the molecule is COc1cc(C(Br)Br)cc(Br)c1OC. The van der Waals surface area contributed by atoms with Crippen molar-refractivity contribution in [2.45, 2.75) is 3.74 Å². The molecule has 0 saturated carbocycles. The van der Waals surface area contributed by atoms with Gasteiger partial charge >= 0.3 is 0 Å². The number of hydrogen-bond donors (Lipinski definition) is 0. The predicted octanol–water partition coefficient (Wildman–Crippen LogP) is 4.25. The lowest BCUT2D eigenvalue weighted by atomic mass is 10.2. The van der Waals surface area contributed by atoms with Crippen LogP contribution in [0.15, 0.2) is 16.6 Å². The Morgan fingerprint density at radius 1 is 1.14 bits per heavy atom. The lowest BCUT2D eigenvalue weighted by Gasteiger charge is -2.12. The van der Waals surface area contributed by atoms with E-state index in [1.165, 1.54) is 0 Å². The molecule has 0 N–H and O–H groups in total. The van der Waals surface area contributed by atoms with Crippen molar-refractivity contribution in [2.24, 2.45) is 0 Å². The molecular weight excluding hydrogens is 380 g/mol. The van der Waals surface area contributed by atoms with E-state index in [4.69, 9.17) is 9.47 Å². The molecule has 0 radical (unpaired) electrons. The fraction of sp³-hybridized carbons (Fsp3) is 0.333. The minimum Gasteiger partial charge on any atom is -0.493 e. The average Bonchev–Trinajstić information content (AvgIpc) is 2.16. The van der Waals surface area contributed by atoms with Gasteiger partial charge in [-0.2, -0.15) is 0 Å². The van der Waals surface area contributed by atoms with Gasteiger partial charge in [0.05, 0.1) is 22.4 Å². The van der Waals surface area contributed by atoms with Gasteiger partial charge in [-0.1, -0.05) is 31.9 Å². The highest BCUT2D eigenvalue weighted by molar-refractivity contribution is 9.24. The molecule has 0 unspecified atom stereocenters. The van der Waals surface area contributed by atoms with Crippen molar-refractivity contribution in [3.63, 3.8) is 0 Å². The zero-order valence-corrected chi connectivity index (χ0v) is 12.4. The summed E-state index contributed by atoms with van der Waals surface area (Å²) in [6.45, 7) is 0. The first-order valence-corrected chi connectivity index (χ1v) is 6.42. The van der Waals surface area contributed by atoms with Crippen LogP contribution in [-0.4, -0.2) is 14.2 Å². The molecule has 78 valence electrons. The van der Waals surface area contributed by atoms with Gasteiger partial charge in [-0.25, -0.2) is 0 Å². The number of methoxy groups -OCH3 is 2. The Labute approximate surface area is 108 Å². The van der Waals surface area contributed by atoms with Crippen molar-refractivity contribution in [2.75, 3.05) is 14.2 Å². The van der Waals surface area contributed by atoms with E-state index < -0.39 is 0 Å². The van der Waals surface area contributed by atoms with Gasteiger partial charge in [-0.3, -0.25) is 0 Å². The fourth-order valence-electron chi connectivity index (χ4n) is 1.06. The van der Waals surface area contributed by atoms with Crippen LogP contribution >= 0.6 is 47.8 Å². The van der Waals surface area contributed by atoms with Crippen LogP contribution in [0.25, 0.3) is 0 Å². The molecule has 1 rings (SSSR count). The third-order valence-corrected chi connectivity index (χ3v) is 3.35. The van der Waals surface area contributed by atoms with Crippen molar-refractivity contribution in [3.05, 3.63) is 22.2 Å². The highest BCUT2D eigenvalue weighted by Crippen LogP contribution is 2.40. The summed E-state index contributed by atoms with van der Waals surface area (Å²) in [6, 6.07) is 3.88. The molecule has 14 heavy (non-hydrogen) atoms. The summed E-state index contributed by atoms with van der Waals surface area (Å²) >= 11 is 10.3. The molecule has 0 aromatic heterocycles. The summed E-state index contributed by atoms with van der Waals surface area (Å²) in [5, 5.41) is 0. The number of benzene rings is 1. The average molecular weight is 389 g/mol. The maximum absolute atomic E-state index is 5.21. The number of alkyl halides is 2. The van der Waals surface area contributed by atoms with Crippen molar-refractivity contribution in [3.8, 4) is 11.5 Å². The standard InChI is InChI=1S/C9H9Br3O2/c1-13-7-4-5(9(11)12)3-6(10)8(7)14-2/h3-4,9H,1-2H3. The Kier molecular flexibility index (Phi) is 4.73. The topological polar surface area (TPSA) is 18.5 Å². The smallest absolute Gasteiger partial charge is 0.174 e. The van der Waals surface area contributed by atoms with E-state index in [-0.39, 0.29) is 3.74 Å². The third-order valence-electron chi connectivity index (χ3n) is 1.71. The van der Waals surface area contributed by atoms with E-state index >= 15 is 0 Å². The molecule has 5 heteroatoms. The van der Waals surface area contributed by atoms with Crippen LogP contribution in [0.2, 0.25) is 0 Å². The van der Waals surface area contributed by atoms with E-state index in [0.717, 1.165) is 10.0 Å². The molecule has 0 saturated heterocycles. The van der Waals surface area contributed by atoms with E-state index in [1.807, 2.05) is 12.1 Å². The number of ether oxygens (including phenoxy) is 2. The first-order valence-electron chi connectivity index (χ1n) is 3.79. The Hall–Kier alpha value is 0.260. The molecule has 0 spiro atoms. The quantitative estimate of drug-likeness (QED) is 0.720. The van der Waals surface area contributed by atoms with Crippen LogP contribution in [0.3, 0.4) is 0 Å². The minimum absolute atomic E-state index is 0.103. The summed E-state index contributed by atoms with van der Waals surface area (Å²) in [6.07, 6.45) is 0. The highest BCUT2D eigenvalue weighted by atomic mass is 79.9. The second-order valence-corrected chi connectivity index (χ2v) is 6.45. The van der Waals surface area contributed by atoms with E-state index in [0.29, 0.717) is 11.5 Å². The van der Waals surface area contributed by atoms with Gasteiger partial charge in [0.15, 0.2) is 11.5 Å². The van der Waals surface area contributed by atoms with Gasteiger partial charge in [-0.05, 0) is 33.6 Å². The van der Waals surface area contributed by atoms with E-state index in [2.05, 4.69) is 47.8 Å². The van der Waals surface area contributed by atoms with Gasteiger partial charge in [0.25, 0.3) is 0 Å². The number of rotatable bonds is 3. The van der Waals surface area contributed by atoms with Crippen LogP contribution in [0.4, 0.5) is 0 Å². The molecule has 0 amide bonds. The van der Waals surface area contributed by atoms with Gasteiger partial charge in [-0.15, -0.1) is 0 Å². The summed E-state index contributed by atoms with van der Waals surface area (Å²) in [4.78, 5) is 0. The molecule has 0 aliphatic heterocycles. The van der Waals surface area contributed by atoms with Crippen LogP contribution in [0, 0.1) is 0 Å². The van der Waals surface area contributed by atoms with Gasteiger partial charge in [0, 0.05) is 0 Å². The molecule has 0 atom stereocenters. The van der Waals surface area contributed by atoms with Crippen LogP contribution in [0.5, 0.6) is 11.5 Å². The van der Waals surface area contributed by atoms with Crippen molar-refractivity contribution >= 4 is 47.8 Å². The van der Waals surface area contributed by atoms with Crippen molar-refractivity contribution in [1.82, 2.24) is 0 Å². The Morgan fingerprint density at radius 2 is 1.79 bits per heavy atom. The van der Waals surface area contributed by atoms with Gasteiger partial charge < -0.3 is 9.47 Å². The Balaban J connectivity index is 3.24. The zero-order chi connectivity index (χ0) is 10.7.